The van der Waals surface area contributed by atoms with Gasteiger partial charge < -0.3 is 0 Å². The number of rotatable bonds is 3. The highest BCUT2D eigenvalue weighted by molar-refractivity contribution is 5.87. The number of hydrogen-bond donors (Lipinski definition) is 0. The van der Waals surface area contributed by atoms with Crippen LogP contribution < -0.4 is 0 Å². The number of nitrogens with zero attached hydrogens (tertiary/aromatic N) is 2. The van der Waals surface area contributed by atoms with Crippen LogP contribution in [0, 0.1) is 0 Å². The lowest BCUT2D eigenvalue weighted by Crippen LogP contribution is -1.94. The number of hydrogen-bond acceptors (Lipinski definition) is 3. The van der Waals surface area contributed by atoms with E-state index in [0.717, 1.165) is 17.4 Å². The van der Waals surface area contributed by atoms with Crippen LogP contribution in [0.1, 0.15) is 11.4 Å². The molecule has 0 N–H and O–H groups in total. The van der Waals surface area contributed by atoms with Crippen LogP contribution in [0.4, 0.5) is 0 Å². The Labute approximate surface area is 93.5 Å². The molecular formula is C13H10N2O. The summed E-state index contributed by atoms with van der Waals surface area (Å²) in [5, 5.41) is 0. The van der Waals surface area contributed by atoms with E-state index in [1.165, 1.54) is 6.08 Å². The molecule has 2 aromatic rings. The fourth-order valence-corrected chi connectivity index (χ4v) is 1.42. The molecule has 0 aliphatic heterocycles. The first-order chi connectivity index (χ1) is 7.92. The van der Waals surface area contributed by atoms with Crippen LogP contribution in [0.5, 0.6) is 0 Å². The van der Waals surface area contributed by atoms with Gasteiger partial charge in [-0.25, -0.2) is 9.97 Å². The smallest absolute Gasteiger partial charge is 0.159 e. The van der Waals surface area contributed by atoms with Crippen molar-refractivity contribution in [2.45, 2.75) is 0 Å². The Hall–Kier alpha value is -2.29. The molecule has 3 heteroatoms. The molecule has 0 aliphatic carbocycles. The van der Waals surface area contributed by atoms with Gasteiger partial charge in [0, 0.05) is 18.0 Å². The van der Waals surface area contributed by atoms with Crippen molar-refractivity contribution in [2.75, 3.05) is 0 Å². The summed E-state index contributed by atoms with van der Waals surface area (Å²) in [5.41, 5.74) is 1.66. The molecule has 0 aliphatic rings. The minimum atomic E-state index is 0.556. The minimum absolute atomic E-state index is 0.556. The second kappa shape index (κ2) is 4.98. The second-order valence-electron chi connectivity index (χ2n) is 3.15. The lowest BCUT2D eigenvalue weighted by atomic mass is 10.1. The van der Waals surface area contributed by atoms with Crippen molar-refractivity contribution in [3.8, 4) is 0 Å². The van der Waals surface area contributed by atoms with Gasteiger partial charge in [-0.3, -0.25) is 4.79 Å². The zero-order chi connectivity index (χ0) is 11.2. The summed E-state index contributed by atoms with van der Waals surface area (Å²) in [6.07, 6.45) is 5.54. The predicted molar refractivity (Wildman–Crippen MR) is 61.6 cm³/mol. The number of benzene rings is 1. The third-order valence-electron chi connectivity index (χ3n) is 2.13. The van der Waals surface area contributed by atoms with Crippen molar-refractivity contribution in [1.82, 2.24) is 9.97 Å². The molecule has 1 heterocycles. The highest BCUT2D eigenvalue weighted by atomic mass is 16.1. The highest BCUT2D eigenvalue weighted by Gasteiger charge is 2.05. The first-order valence-electron chi connectivity index (χ1n) is 4.90. The second-order valence-corrected chi connectivity index (χ2v) is 3.15. The molecule has 0 fully saturated rings. The van der Waals surface area contributed by atoms with Crippen molar-refractivity contribution in [1.29, 1.82) is 0 Å². The first kappa shape index (κ1) is 10.2. The zero-order valence-corrected chi connectivity index (χ0v) is 8.58. The first-order valence-corrected chi connectivity index (χ1v) is 4.90. The molecule has 2 rings (SSSR count). The summed E-state index contributed by atoms with van der Waals surface area (Å²) in [6.45, 7) is 0. The maximum Gasteiger partial charge on any atom is 0.159 e. The van der Waals surface area contributed by atoms with Gasteiger partial charge in [-0.2, -0.15) is 0 Å². The van der Waals surface area contributed by atoms with E-state index in [1.807, 2.05) is 30.3 Å². The average molecular weight is 210 g/mol. The molecule has 0 spiro atoms. The van der Waals surface area contributed by atoms with E-state index >= 15 is 0 Å². The number of allylic oxidation sites excluding steroid dienone is 1. The minimum Gasteiger partial charge on any atom is -0.299 e. The molecule has 78 valence electrons. The molecule has 0 saturated carbocycles. The van der Waals surface area contributed by atoms with Crippen LogP contribution in [0.3, 0.4) is 0 Å². The van der Waals surface area contributed by atoms with E-state index in [-0.39, 0.29) is 0 Å². The fourth-order valence-electron chi connectivity index (χ4n) is 1.42. The number of aldehydes is 1. The van der Waals surface area contributed by atoms with E-state index in [1.54, 1.807) is 18.5 Å². The van der Waals surface area contributed by atoms with Crippen LogP contribution in [-0.4, -0.2) is 16.3 Å². The number of aromatic nitrogens is 2. The Morgan fingerprint density at radius 1 is 1.00 bits per heavy atom. The molecule has 1 aromatic heterocycles. The Balaban J connectivity index is 2.48. The van der Waals surface area contributed by atoms with E-state index in [4.69, 9.17) is 0 Å². The standard InChI is InChI=1S/C13H10N2O/c16-10-7-12(11-5-2-1-3-6-11)13-14-8-4-9-15-13/h1-10H/b12-7-. The van der Waals surface area contributed by atoms with Gasteiger partial charge in [0.05, 0.1) is 0 Å². The lowest BCUT2D eigenvalue weighted by Gasteiger charge is -2.04. The Kier molecular flexibility index (Phi) is 3.18. The van der Waals surface area contributed by atoms with Crippen LogP contribution in [0.2, 0.25) is 0 Å². The third kappa shape index (κ3) is 2.20. The number of carbonyl (C=O) groups excluding carboxylic acids is 1. The molecule has 0 bridgehead atoms. The normalized spacial score (nSPS) is 11.1. The van der Waals surface area contributed by atoms with Gasteiger partial charge >= 0.3 is 0 Å². The van der Waals surface area contributed by atoms with Gasteiger partial charge in [0.25, 0.3) is 0 Å². The molecule has 0 saturated heterocycles. The Bertz CT molecular complexity index is 450. The molecule has 3 nitrogen and oxygen atoms in total. The quantitative estimate of drug-likeness (QED) is 0.575. The number of carbonyl (C=O) groups is 1. The van der Waals surface area contributed by atoms with Gasteiger partial charge in [0.15, 0.2) is 5.82 Å². The van der Waals surface area contributed by atoms with Crippen molar-refractivity contribution < 1.29 is 4.79 Å². The van der Waals surface area contributed by atoms with E-state index in [9.17, 15) is 4.79 Å². The SMILES string of the molecule is O=C/C=C(/c1ccccc1)c1ncccn1. The molecule has 16 heavy (non-hydrogen) atoms. The van der Waals surface area contributed by atoms with Crippen LogP contribution in [0.25, 0.3) is 5.57 Å². The van der Waals surface area contributed by atoms with Crippen LogP contribution in [0.15, 0.2) is 54.9 Å². The van der Waals surface area contributed by atoms with E-state index in [0.29, 0.717) is 5.82 Å². The molecule has 0 amide bonds. The van der Waals surface area contributed by atoms with Crippen LogP contribution >= 0.6 is 0 Å². The molecule has 0 unspecified atom stereocenters. The average Bonchev–Trinajstić information content (AvgIpc) is 2.38. The molecular weight excluding hydrogens is 200 g/mol. The molecule has 1 aromatic carbocycles. The van der Waals surface area contributed by atoms with E-state index in [2.05, 4.69) is 9.97 Å². The lowest BCUT2D eigenvalue weighted by molar-refractivity contribution is -0.104. The monoisotopic (exact) mass is 210 g/mol. The Morgan fingerprint density at radius 2 is 1.69 bits per heavy atom. The summed E-state index contributed by atoms with van der Waals surface area (Å²) in [7, 11) is 0. The van der Waals surface area contributed by atoms with Gasteiger partial charge in [0.1, 0.15) is 6.29 Å². The fraction of sp³-hybridized carbons (Fsp3) is 0. The highest BCUT2D eigenvalue weighted by Crippen LogP contribution is 2.18. The van der Waals surface area contributed by atoms with Crippen molar-refractivity contribution in [2.24, 2.45) is 0 Å². The van der Waals surface area contributed by atoms with Gasteiger partial charge in [0.2, 0.25) is 0 Å². The largest absolute Gasteiger partial charge is 0.299 e. The molecule has 0 atom stereocenters. The van der Waals surface area contributed by atoms with E-state index < -0.39 is 0 Å². The molecule has 0 radical (unpaired) electrons. The summed E-state index contributed by atoms with van der Waals surface area (Å²) in [5.74, 6) is 0.556. The maximum absolute atomic E-state index is 10.6. The third-order valence-corrected chi connectivity index (χ3v) is 2.13. The maximum atomic E-state index is 10.6. The summed E-state index contributed by atoms with van der Waals surface area (Å²) >= 11 is 0. The predicted octanol–water partition coefficient (Wildman–Crippen LogP) is 2.11. The van der Waals surface area contributed by atoms with Gasteiger partial charge in [-0.15, -0.1) is 0 Å². The van der Waals surface area contributed by atoms with Crippen molar-refractivity contribution in [3.05, 3.63) is 66.3 Å². The van der Waals surface area contributed by atoms with Crippen LogP contribution in [-0.2, 0) is 4.79 Å². The van der Waals surface area contributed by atoms with Gasteiger partial charge in [-0.1, -0.05) is 30.3 Å². The topological polar surface area (TPSA) is 42.9 Å². The summed E-state index contributed by atoms with van der Waals surface area (Å²) < 4.78 is 0. The summed E-state index contributed by atoms with van der Waals surface area (Å²) in [4.78, 5) is 18.9. The zero-order valence-electron chi connectivity index (χ0n) is 8.58. The van der Waals surface area contributed by atoms with Crippen molar-refractivity contribution >= 4 is 11.9 Å². The Morgan fingerprint density at radius 3 is 2.31 bits per heavy atom. The van der Waals surface area contributed by atoms with Gasteiger partial charge in [-0.05, 0) is 17.7 Å². The summed E-state index contributed by atoms with van der Waals surface area (Å²) in [6, 6.07) is 11.3. The van der Waals surface area contributed by atoms with Crippen molar-refractivity contribution in [3.63, 3.8) is 0 Å².